The maximum atomic E-state index is 11.9. The number of carbonyl (C=O) groups excluding carboxylic acids is 1. The van der Waals surface area contributed by atoms with E-state index in [4.69, 9.17) is 4.74 Å². The van der Waals surface area contributed by atoms with Gasteiger partial charge in [-0.15, -0.1) is 11.8 Å². The fraction of sp³-hybridized carbons (Fsp3) is 0.533. The highest BCUT2D eigenvalue weighted by Crippen LogP contribution is 2.28. The first kappa shape index (κ1) is 15.1. The van der Waals surface area contributed by atoms with Gasteiger partial charge in [-0.25, -0.2) is 0 Å². The lowest BCUT2D eigenvalue weighted by Crippen LogP contribution is -2.28. The monoisotopic (exact) mass is 266 g/mol. The van der Waals surface area contributed by atoms with Crippen molar-refractivity contribution >= 4 is 17.7 Å². The Morgan fingerprint density at radius 1 is 1.28 bits per heavy atom. The standard InChI is InChI=1S/C15H22O2S/c1-10-7-8-13(11(2)9-10)18-12(3)14(16)17-15(4,5)6/h7-9,12H,1-6H3. The van der Waals surface area contributed by atoms with Crippen molar-refractivity contribution in [3.63, 3.8) is 0 Å². The molecule has 18 heavy (non-hydrogen) atoms. The summed E-state index contributed by atoms with van der Waals surface area (Å²) in [5, 5.41) is -0.189. The molecule has 0 saturated carbocycles. The average molecular weight is 266 g/mol. The Labute approximate surface area is 114 Å². The summed E-state index contributed by atoms with van der Waals surface area (Å²) in [6.45, 7) is 11.7. The van der Waals surface area contributed by atoms with Crippen molar-refractivity contribution in [3.05, 3.63) is 29.3 Å². The largest absolute Gasteiger partial charge is 0.459 e. The maximum Gasteiger partial charge on any atom is 0.319 e. The molecule has 0 bridgehead atoms. The number of carbonyl (C=O) groups is 1. The van der Waals surface area contributed by atoms with E-state index in [0.717, 1.165) is 4.90 Å². The molecular formula is C15H22O2S. The normalized spacial score (nSPS) is 13.2. The van der Waals surface area contributed by atoms with Crippen LogP contribution < -0.4 is 0 Å². The van der Waals surface area contributed by atoms with Crippen LogP contribution >= 0.6 is 11.8 Å². The van der Waals surface area contributed by atoms with Gasteiger partial charge in [0.05, 0.1) is 0 Å². The lowest BCUT2D eigenvalue weighted by atomic mass is 10.2. The zero-order valence-corrected chi connectivity index (χ0v) is 12.9. The lowest BCUT2D eigenvalue weighted by Gasteiger charge is -2.22. The van der Waals surface area contributed by atoms with Gasteiger partial charge in [0.2, 0.25) is 0 Å². The third-order valence-electron chi connectivity index (χ3n) is 2.37. The van der Waals surface area contributed by atoms with Gasteiger partial charge in [0.1, 0.15) is 10.9 Å². The summed E-state index contributed by atoms with van der Waals surface area (Å²) >= 11 is 1.55. The first-order chi connectivity index (χ1) is 8.19. The smallest absolute Gasteiger partial charge is 0.319 e. The van der Waals surface area contributed by atoms with Crippen molar-refractivity contribution < 1.29 is 9.53 Å². The summed E-state index contributed by atoms with van der Waals surface area (Å²) in [6.07, 6.45) is 0. The second-order valence-electron chi connectivity index (χ2n) is 5.56. The molecule has 0 aromatic heterocycles. The zero-order chi connectivity index (χ0) is 13.9. The highest BCUT2D eigenvalue weighted by atomic mass is 32.2. The van der Waals surface area contributed by atoms with Gasteiger partial charge < -0.3 is 4.74 Å². The summed E-state index contributed by atoms with van der Waals surface area (Å²) in [4.78, 5) is 13.0. The predicted octanol–water partition coefficient (Wildman–Crippen LogP) is 4.13. The van der Waals surface area contributed by atoms with Gasteiger partial charge in [0.15, 0.2) is 0 Å². The third kappa shape index (κ3) is 4.73. The molecule has 0 radical (unpaired) electrons. The number of hydrogen-bond donors (Lipinski definition) is 0. The van der Waals surface area contributed by atoms with Crippen molar-refractivity contribution in [1.29, 1.82) is 0 Å². The molecule has 0 fully saturated rings. The van der Waals surface area contributed by atoms with Crippen LogP contribution in [0, 0.1) is 13.8 Å². The Balaban J connectivity index is 2.69. The minimum absolute atomic E-state index is 0.160. The molecule has 3 heteroatoms. The Kier molecular flexibility index (Phi) is 4.85. The highest BCUT2D eigenvalue weighted by molar-refractivity contribution is 8.00. The van der Waals surface area contributed by atoms with Gasteiger partial charge in [-0.2, -0.15) is 0 Å². The second kappa shape index (κ2) is 5.79. The van der Waals surface area contributed by atoms with E-state index in [0.29, 0.717) is 0 Å². The van der Waals surface area contributed by atoms with Crippen molar-refractivity contribution in [1.82, 2.24) is 0 Å². The van der Waals surface area contributed by atoms with E-state index in [1.807, 2.05) is 27.7 Å². The van der Waals surface area contributed by atoms with Crippen molar-refractivity contribution in [2.75, 3.05) is 0 Å². The highest BCUT2D eigenvalue weighted by Gasteiger charge is 2.22. The Morgan fingerprint density at radius 3 is 2.39 bits per heavy atom. The van der Waals surface area contributed by atoms with E-state index in [1.54, 1.807) is 11.8 Å². The number of hydrogen-bond acceptors (Lipinski definition) is 3. The molecular weight excluding hydrogens is 244 g/mol. The fourth-order valence-corrected chi connectivity index (χ4v) is 2.47. The Bertz CT molecular complexity index is 433. The van der Waals surface area contributed by atoms with E-state index in [1.165, 1.54) is 11.1 Å². The molecule has 100 valence electrons. The molecule has 1 unspecified atom stereocenters. The van der Waals surface area contributed by atoms with Crippen molar-refractivity contribution in [2.24, 2.45) is 0 Å². The van der Waals surface area contributed by atoms with Crippen LogP contribution in [0.1, 0.15) is 38.8 Å². The minimum Gasteiger partial charge on any atom is -0.459 e. The van der Waals surface area contributed by atoms with Gasteiger partial charge in [0.25, 0.3) is 0 Å². The molecule has 0 amide bonds. The van der Waals surface area contributed by atoms with E-state index in [-0.39, 0.29) is 11.2 Å². The summed E-state index contributed by atoms with van der Waals surface area (Å²) < 4.78 is 5.38. The van der Waals surface area contributed by atoms with Crippen LogP contribution in [0.25, 0.3) is 0 Å². The zero-order valence-electron chi connectivity index (χ0n) is 12.0. The molecule has 1 aromatic carbocycles. The minimum atomic E-state index is -0.422. The fourth-order valence-electron chi connectivity index (χ4n) is 1.55. The molecule has 0 aliphatic heterocycles. The quantitative estimate of drug-likeness (QED) is 0.608. The summed E-state index contributed by atoms with van der Waals surface area (Å²) in [5.74, 6) is -0.160. The third-order valence-corrected chi connectivity index (χ3v) is 3.63. The summed E-state index contributed by atoms with van der Waals surface area (Å²) in [7, 11) is 0. The number of thioether (sulfide) groups is 1. The molecule has 0 spiro atoms. The van der Waals surface area contributed by atoms with Crippen LogP contribution in [-0.4, -0.2) is 16.8 Å². The molecule has 0 saturated heterocycles. The first-order valence-electron chi connectivity index (χ1n) is 6.16. The summed E-state index contributed by atoms with van der Waals surface area (Å²) in [5.41, 5.74) is 2.02. The molecule has 1 atom stereocenters. The topological polar surface area (TPSA) is 26.3 Å². The molecule has 0 heterocycles. The number of esters is 1. The second-order valence-corrected chi connectivity index (χ2v) is 6.95. The van der Waals surface area contributed by atoms with Crippen molar-refractivity contribution in [2.45, 2.75) is 57.3 Å². The van der Waals surface area contributed by atoms with E-state index in [2.05, 4.69) is 32.0 Å². The van der Waals surface area contributed by atoms with Gasteiger partial charge in [-0.1, -0.05) is 17.7 Å². The van der Waals surface area contributed by atoms with Gasteiger partial charge in [-0.05, 0) is 53.2 Å². The Hall–Kier alpha value is -0.960. The number of ether oxygens (including phenoxy) is 1. The van der Waals surface area contributed by atoms with Crippen LogP contribution in [-0.2, 0) is 9.53 Å². The summed E-state index contributed by atoms with van der Waals surface area (Å²) in [6, 6.07) is 6.26. The van der Waals surface area contributed by atoms with Gasteiger partial charge in [-0.3, -0.25) is 4.79 Å². The SMILES string of the molecule is Cc1ccc(SC(C)C(=O)OC(C)(C)C)c(C)c1. The van der Waals surface area contributed by atoms with Crippen LogP contribution in [0.15, 0.2) is 23.1 Å². The molecule has 1 rings (SSSR count). The van der Waals surface area contributed by atoms with Crippen molar-refractivity contribution in [3.8, 4) is 0 Å². The number of aryl methyl sites for hydroxylation is 2. The van der Waals surface area contributed by atoms with E-state index < -0.39 is 5.60 Å². The molecule has 2 nitrogen and oxygen atoms in total. The maximum absolute atomic E-state index is 11.9. The molecule has 1 aromatic rings. The van der Waals surface area contributed by atoms with Crippen LogP contribution in [0.2, 0.25) is 0 Å². The van der Waals surface area contributed by atoms with Gasteiger partial charge >= 0.3 is 5.97 Å². The van der Waals surface area contributed by atoms with E-state index >= 15 is 0 Å². The van der Waals surface area contributed by atoms with Gasteiger partial charge in [0, 0.05) is 4.90 Å². The van der Waals surface area contributed by atoms with E-state index in [9.17, 15) is 4.79 Å². The average Bonchev–Trinajstić information content (AvgIpc) is 2.19. The molecule has 0 N–H and O–H groups in total. The number of rotatable bonds is 3. The van der Waals surface area contributed by atoms with Crippen LogP contribution in [0.4, 0.5) is 0 Å². The van der Waals surface area contributed by atoms with Crippen LogP contribution in [0.5, 0.6) is 0 Å². The molecule has 0 aliphatic carbocycles. The molecule has 0 aliphatic rings. The number of benzene rings is 1. The lowest BCUT2D eigenvalue weighted by molar-refractivity contribution is -0.153. The Morgan fingerprint density at radius 2 is 1.89 bits per heavy atom. The van der Waals surface area contributed by atoms with Crippen LogP contribution in [0.3, 0.4) is 0 Å². The predicted molar refractivity (Wildman–Crippen MR) is 77.1 cm³/mol. The first-order valence-corrected chi connectivity index (χ1v) is 7.04.